The second-order valence-corrected chi connectivity index (χ2v) is 4.81. The number of aliphatic imine (C=N–C) groups is 1. The number of imide groups is 2. The van der Waals surface area contributed by atoms with Gasteiger partial charge in [0.05, 0.1) is 0 Å². The molecule has 1 atom stereocenters. The molecule has 9 heteroatoms. The normalized spacial score (nSPS) is 17.0. The zero-order valence-electron chi connectivity index (χ0n) is 11.7. The summed E-state index contributed by atoms with van der Waals surface area (Å²) < 4.78 is 0. The molecule has 4 amide bonds. The van der Waals surface area contributed by atoms with Gasteiger partial charge < -0.3 is 10.2 Å². The Morgan fingerprint density at radius 3 is 2.26 bits per heavy atom. The number of rotatable bonds is 5. The molecule has 23 heavy (non-hydrogen) atoms. The molecule has 1 aliphatic heterocycles. The van der Waals surface area contributed by atoms with Crippen LogP contribution in [-0.4, -0.2) is 46.3 Å². The summed E-state index contributed by atoms with van der Waals surface area (Å²) in [6.07, 6.45) is 0.928. The fraction of sp³-hybridized carbons (Fsp3) is 0.214. The lowest BCUT2D eigenvalue weighted by molar-refractivity contribution is -0.138. The molecule has 0 spiro atoms. The Morgan fingerprint density at radius 2 is 1.74 bits per heavy atom. The summed E-state index contributed by atoms with van der Waals surface area (Å²) in [5.74, 6) is -4.28. The molecular formula is C14H13N3O6. The van der Waals surface area contributed by atoms with Crippen LogP contribution in [0.1, 0.15) is 5.56 Å². The van der Waals surface area contributed by atoms with Crippen LogP contribution in [0.4, 0.5) is 4.79 Å². The van der Waals surface area contributed by atoms with Crippen molar-refractivity contribution < 1.29 is 29.4 Å². The van der Waals surface area contributed by atoms with Crippen molar-refractivity contribution in [1.29, 1.82) is 0 Å². The number of hydrogen-bond donors (Lipinski definition) is 4. The van der Waals surface area contributed by atoms with E-state index in [0.29, 0.717) is 5.56 Å². The van der Waals surface area contributed by atoms with Crippen LogP contribution < -0.4 is 10.6 Å². The fourth-order valence-electron chi connectivity index (χ4n) is 1.91. The number of amides is 4. The summed E-state index contributed by atoms with van der Waals surface area (Å²) in [4.78, 5) is 49.0. The van der Waals surface area contributed by atoms with Crippen LogP contribution in [0.3, 0.4) is 0 Å². The highest BCUT2D eigenvalue weighted by molar-refractivity contribution is 6.23. The minimum atomic E-state index is -1.37. The van der Waals surface area contributed by atoms with Crippen LogP contribution in [-0.2, 0) is 20.8 Å². The quantitative estimate of drug-likeness (QED) is 0.423. The molecule has 1 aromatic carbocycles. The van der Waals surface area contributed by atoms with Gasteiger partial charge in [-0.1, -0.05) is 12.1 Å². The monoisotopic (exact) mass is 319 g/mol. The van der Waals surface area contributed by atoms with Gasteiger partial charge in [-0.2, -0.15) is 0 Å². The Labute approximate surface area is 130 Å². The first-order chi connectivity index (χ1) is 10.9. The second kappa shape index (κ2) is 6.69. The van der Waals surface area contributed by atoms with E-state index in [2.05, 4.69) is 4.99 Å². The van der Waals surface area contributed by atoms with Gasteiger partial charge in [-0.25, -0.2) is 9.59 Å². The highest BCUT2D eigenvalue weighted by Crippen LogP contribution is 2.13. The molecule has 120 valence electrons. The summed E-state index contributed by atoms with van der Waals surface area (Å²) in [5.41, 5.74) is 0.611. The summed E-state index contributed by atoms with van der Waals surface area (Å²) in [6.45, 7) is 0. The predicted octanol–water partition coefficient (Wildman–Crippen LogP) is -0.559. The van der Waals surface area contributed by atoms with Crippen LogP contribution >= 0.6 is 0 Å². The number of carbonyl (C=O) groups is 4. The molecule has 1 aliphatic rings. The van der Waals surface area contributed by atoms with Crippen LogP contribution in [0.2, 0.25) is 0 Å². The Kier molecular flexibility index (Phi) is 4.69. The van der Waals surface area contributed by atoms with Crippen molar-refractivity contribution in [1.82, 2.24) is 10.6 Å². The van der Waals surface area contributed by atoms with Gasteiger partial charge in [0.1, 0.15) is 5.75 Å². The Bertz CT molecular complexity index is 662. The number of barbiturate groups is 1. The van der Waals surface area contributed by atoms with Crippen molar-refractivity contribution in [3.8, 4) is 5.75 Å². The number of benzene rings is 1. The van der Waals surface area contributed by atoms with Gasteiger partial charge in [-0.3, -0.25) is 25.2 Å². The number of carboxylic acids is 1. The van der Waals surface area contributed by atoms with Crippen molar-refractivity contribution >= 4 is 30.0 Å². The van der Waals surface area contributed by atoms with E-state index >= 15 is 0 Å². The van der Waals surface area contributed by atoms with Gasteiger partial charge in [0, 0.05) is 12.6 Å². The average Bonchev–Trinajstić information content (AvgIpc) is 2.46. The third-order valence-electron chi connectivity index (χ3n) is 3.10. The molecule has 0 radical (unpaired) electrons. The molecular weight excluding hydrogens is 306 g/mol. The van der Waals surface area contributed by atoms with Crippen LogP contribution in [0.25, 0.3) is 0 Å². The van der Waals surface area contributed by atoms with E-state index in [1.807, 2.05) is 10.6 Å². The molecule has 1 fully saturated rings. The highest BCUT2D eigenvalue weighted by atomic mass is 16.4. The average molecular weight is 319 g/mol. The molecule has 1 saturated heterocycles. The van der Waals surface area contributed by atoms with Gasteiger partial charge in [-0.05, 0) is 17.7 Å². The van der Waals surface area contributed by atoms with Crippen molar-refractivity contribution in [3.05, 3.63) is 29.8 Å². The van der Waals surface area contributed by atoms with Gasteiger partial charge in [-0.15, -0.1) is 0 Å². The molecule has 2 rings (SSSR count). The van der Waals surface area contributed by atoms with Crippen molar-refractivity contribution in [2.24, 2.45) is 10.9 Å². The summed E-state index contributed by atoms with van der Waals surface area (Å²) in [7, 11) is 0. The van der Waals surface area contributed by atoms with Crippen molar-refractivity contribution in [3.63, 3.8) is 0 Å². The summed E-state index contributed by atoms with van der Waals surface area (Å²) in [6, 6.07) is 3.76. The number of carbonyl (C=O) groups excluding carboxylic acids is 3. The Hall–Kier alpha value is -3.23. The van der Waals surface area contributed by atoms with Crippen LogP contribution in [0.15, 0.2) is 29.3 Å². The number of nitrogens with one attached hydrogen (secondary N) is 2. The van der Waals surface area contributed by atoms with E-state index < -0.39 is 35.8 Å². The third kappa shape index (κ3) is 4.13. The van der Waals surface area contributed by atoms with E-state index in [4.69, 9.17) is 0 Å². The first-order valence-corrected chi connectivity index (χ1v) is 6.56. The number of aliphatic carboxylic acids is 1. The minimum absolute atomic E-state index is 0.0149. The molecule has 0 unspecified atom stereocenters. The molecule has 1 heterocycles. The Morgan fingerprint density at radius 1 is 1.17 bits per heavy atom. The molecule has 9 nitrogen and oxygen atoms in total. The maximum Gasteiger partial charge on any atom is 0.328 e. The highest BCUT2D eigenvalue weighted by Gasteiger charge is 2.33. The van der Waals surface area contributed by atoms with E-state index in [9.17, 15) is 29.4 Å². The number of carboxylic acid groups (broad SMARTS) is 1. The first kappa shape index (κ1) is 16.1. The standard InChI is InChI=1S/C14H13N3O6/c18-8-3-1-7(2-4-8)5-10(13(21)22)15-6-9-11(19)16-14(23)17-12(9)20/h1-4,6,9-10,18H,5H2,(H,21,22)(H2,16,17,19,20,23)/t10-/m0/s1. The molecule has 1 aromatic rings. The first-order valence-electron chi connectivity index (χ1n) is 6.56. The maximum absolute atomic E-state index is 11.5. The summed E-state index contributed by atoms with van der Waals surface area (Å²) >= 11 is 0. The van der Waals surface area contributed by atoms with Crippen molar-refractivity contribution in [2.75, 3.05) is 0 Å². The summed E-state index contributed by atoms with van der Waals surface area (Å²) in [5, 5.41) is 22.1. The SMILES string of the molecule is O=C1NC(=O)C(C=N[C@@H](Cc2ccc(O)cc2)C(=O)O)C(=O)N1. The second-order valence-electron chi connectivity index (χ2n) is 4.81. The lowest BCUT2D eigenvalue weighted by Gasteiger charge is -2.17. The van der Waals surface area contributed by atoms with E-state index in [1.165, 1.54) is 12.1 Å². The number of phenolic OH excluding ortho intramolecular Hbond substituents is 1. The van der Waals surface area contributed by atoms with Crippen LogP contribution in [0, 0.1) is 5.92 Å². The van der Waals surface area contributed by atoms with Gasteiger partial charge in [0.15, 0.2) is 12.0 Å². The number of urea groups is 1. The van der Waals surface area contributed by atoms with Gasteiger partial charge in [0.2, 0.25) is 11.8 Å². The molecule has 0 saturated carbocycles. The van der Waals surface area contributed by atoms with Crippen molar-refractivity contribution in [2.45, 2.75) is 12.5 Å². The van der Waals surface area contributed by atoms with E-state index in [0.717, 1.165) is 6.21 Å². The lowest BCUT2D eigenvalue weighted by Crippen LogP contribution is -2.56. The molecule has 0 aromatic heterocycles. The zero-order chi connectivity index (χ0) is 17.0. The number of hydrogen-bond acceptors (Lipinski definition) is 6. The number of nitrogens with zero attached hydrogens (tertiary/aromatic N) is 1. The largest absolute Gasteiger partial charge is 0.508 e. The van der Waals surface area contributed by atoms with E-state index in [1.54, 1.807) is 12.1 Å². The van der Waals surface area contributed by atoms with Crippen LogP contribution in [0.5, 0.6) is 5.75 Å². The number of phenols is 1. The van der Waals surface area contributed by atoms with E-state index in [-0.39, 0.29) is 12.2 Å². The Balaban J connectivity index is 2.11. The molecule has 4 N–H and O–H groups in total. The van der Waals surface area contributed by atoms with Gasteiger partial charge >= 0.3 is 12.0 Å². The third-order valence-corrected chi connectivity index (χ3v) is 3.10. The van der Waals surface area contributed by atoms with Gasteiger partial charge in [0.25, 0.3) is 0 Å². The maximum atomic E-state index is 11.5. The minimum Gasteiger partial charge on any atom is -0.508 e. The molecule has 0 aliphatic carbocycles. The molecule has 0 bridgehead atoms. The fourth-order valence-corrected chi connectivity index (χ4v) is 1.91. The smallest absolute Gasteiger partial charge is 0.328 e. The topological polar surface area (TPSA) is 145 Å². The lowest BCUT2D eigenvalue weighted by atomic mass is 10.1. The zero-order valence-corrected chi connectivity index (χ0v) is 11.7. The predicted molar refractivity (Wildman–Crippen MR) is 76.9 cm³/mol. The number of aromatic hydroxyl groups is 1.